The van der Waals surface area contributed by atoms with Crippen molar-refractivity contribution in [3.8, 4) is 6.07 Å². The summed E-state index contributed by atoms with van der Waals surface area (Å²) >= 11 is 0. The molecule has 0 fully saturated rings. The van der Waals surface area contributed by atoms with Crippen LogP contribution in [0.1, 0.15) is 11.1 Å². The monoisotopic (exact) mass is 160 g/mol. The van der Waals surface area contributed by atoms with Crippen molar-refractivity contribution in [3.05, 3.63) is 29.3 Å². The van der Waals surface area contributed by atoms with Crippen molar-refractivity contribution in [2.75, 3.05) is 11.9 Å². The SMILES string of the molecule is Cc1cccc(NCC#N)c1C. The Morgan fingerprint density at radius 1 is 1.42 bits per heavy atom. The maximum absolute atomic E-state index is 8.38. The molecule has 0 amide bonds. The highest BCUT2D eigenvalue weighted by molar-refractivity contribution is 5.53. The van der Waals surface area contributed by atoms with Crippen molar-refractivity contribution in [2.45, 2.75) is 13.8 Å². The first-order valence-corrected chi connectivity index (χ1v) is 3.92. The maximum Gasteiger partial charge on any atom is 0.103 e. The second kappa shape index (κ2) is 3.77. The van der Waals surface area contributed by atoms with Gasteiger partial charge in [0, 0.05) is 5.69 Å². The smallest absolute Gasteiger partial charge is 0.103 e. The zero-order chi connectivity index (χ0) is 8.97. The summed E-state index contributed by atoms with van der Waals surface area (Å²) in [5.41, 5.74) is 3.52. The highest BCUT2D eigenvalue weighted by Gasteiger charge is 1.97. The molecule has 0 aliphatic carbocycles. The van der Waals surface area contributed by atoms with Crippen molar-refractivity contribution < 1.29 is 0 Å². The van der Waals surface area contributed by atoms with Crippen LogP contribution in [0, 0.1) is 25.2 Å². The van der Waals surface area contributed by atoms with Crippen molar-refractivity contribution in [1.29, 1.82) is 5.26 Å². The Bertz CT molecular complexity index is 310. The Kier molecular flexibility index (Phi) is 2.71. The zero-order valence-corrected chi connectivity index (χ0v) is 7.39. The van der Waals surface area contributed by atoms with Gasteiger partial charge < -0.3 is 5.32 Å². The van der Waals surface area contributed by atoms with E-state index in [0.717, 1.165) is 5.69 Å². The quantitative estimate of drug-likeness (QED) is 0.673. The average molecular weight is 160 g/mol. The van der Waals surface area contributed by atoms with E-state index < -0.39 is 0 Å². The molecule has 2 heteroatoms. The Morgan fingerprint density at radius 3 is 2.83 bits per heavy atom. The van der Waals surface area contributed by atoms with Gasteiger partial charge in [0.2, 0.25) is 0 Å². The third kappa shape index (κ3) is 1.76. The number of nitrogens with one attached hydrogen (secondary N) is 1. The molecule has 0 bridgehead atoms. The van der Waals surface area contributed by atoms with Crippen molar-refractivity contribution in [3.63, 3.8) is 0 Å². The van der Waals surface area contributed by atoms with Crippen LogP contribution in [0.3, 0.4) is 0 Å². The second-order valence-electron chi connectivity index (χ2n) is 2.76. The van der Waals surface area contributed by atoms with Crippen LogP contribution < -0.4 is 5.32 Å². The van der Waals surface area contributed by atoms with Gasteiger partial charge in [0.05, 0.1) is 6.07 Å². The predicted octanol–water partition coefficient (Wildman–Crippen LogP) is 2.24. The van der Waals surface area contributed by atoms with Gasteiger partial charge in [0.1, 0.15) is 6.54 Å². The highest BCUT2D eigenvalue weighted by atomic mass is 14.9. The number of anilines is 1. The first kappa shape index (κ1) is 8.61. The summed E-state index contributed by atoms with van der Waals surface area (Å²) in [6.07, 6.45) is 0. The van der Waals surface area contributed by atoms with E-state index in [9.17, 15) is 0 Å². The first-order chi connectivity index (χ1) is 5.75. The minimum absolute atomic E-state index is 0.365. The molecule has 0 heterocycles. The van der Waals surface area contributed by atoms with Crippen molar-refractivity contribution >= 4 is 5.69 Å². The van der Waals surface area contributed by atoms with E-state index >= 15 is 0 Å². The molecule has 0 aromatic heterocycles. The minimum atomic E-state index is 0.365. The number of nitrogens with zero attached hydrogens (tertiary/aromatic N) is 1. The third-order valence-electron chi connectivity index (χ3n) is 1.96. The van der Waals surface area contributed by atoms with E-state index in [1.165, 1.54) is 11.1 Å². The molecule has 1 rings (SSSR count). The molecule has 12 heavy (non-hydrogen) atoms. The lowest BCUT2D eigenvalue weighted by molar-refractivity contribution is 1.26. The predicted molar refractivity (Wildman–Crippen MR) is 50.0 cm³/mol. The lowest BCUT2D eigenvalue weighted by Crippen LogP contribution is -2.00. The molecule has 0 unspecified atom stereocenters. The second-order valence-corrected chi connectivity index (χ2v) is 2.76. The molecule has 0 spiro atoms. The lowest BCUT2D eigenvalue weighted by Gasteiger charge is -2.07. The van der Waals surface area contributed by atoms with Crippen LogP contribution in [0.15, 0.2) is 18.2 Å². The minimum Gasteiger partial charge on any atom is -0.372 e. The van der Waals surface area contributed by atoms with E-state index in [1.807, 2.05) is 12.1 Å². The molecule has 1 N–H and O–H groups in total. The molecule has 2 nitrogen and oxygen atoms in total. The standard InChI is InChI=1S/C10H12N2/c1-8-4-3-5-10(9(8)2)12-7-6-11/h3-5,12H,7H2,1-2H3. The van der Waals surface area contributed by atoms with Crippen molar-refractivity contribution in [2.24, 2.45) is 0 Å². The van der Waals surface area contributed by atoms with Crippen LogP contribution >= 0.6 is 0 Å². The van der Waals surface area contributed by atoms with Crippen LogP contribution in [-0.4, -0.2) is 6.54 Å². The van der Waals surface area contributed by atoms with Gasteiger partial charge in [0.25, 0.3) is 0 Å². The van der Waals surface area contributed by atoms with E-state index in [2.05, 4.69) is 31.3 Å². The Balaban J connectivity index is 2.86. The summed E-state index contributed by atoms with van der Waals surface area (Å²) in [4.78, 5) is 0. The molecule has 0 aliphatic rings. The number of hydrogen-bond acceptors (Lipinski definition) is 2. The lowest BCUT2D eigenvalue weighted by atomic mass is 10.1. The molecule has 0 saturated heterocycles. The number of benzene rings is 1. The first-order valence-electron chi connectivity index (χ1n) is 3.92. The molecule has 62 valence electrons. The molecular weight excluding hydrogens is 148 g/mol. The summed E-state index contributed by atoms with van der Waals surface area (Å²) < 4.78 is 0. The number of nitriles is 1. The number of aryl methyl sites for hydroxylation is 1. The summed E-state index contributed by atoms with van der Waals surface area (Å²) in [7, 11) is 0. The summed E-state index contributed by atoms with van der Waals surface area (Å²) in [6, 6.07) is 8.09. The fourth-order valence-corrected chi connectivity index (χ4v) is 1.08. The molecule has 0 saturated carbocycles. The molecule has 1 aromatic rings. The van der Waals surface area contributed by atoms with E-state index in [4.69, 9.17) is 5.26 Å². The van der Waals surface area contributed by atoms with Gasteiger partial charge in [0.15, 0.2) is 0 Å². The van der Waals surface area contributed by atoms with Crippen LogP contribution in [0.25, 0.3) is 0 Å². The number of hydrogen-bond donors (Lipinski definition) is 1. The topological polar surface area (TPSA) is 35.8 Å². The van der Waals surface area contributed by atoms with Crippen LogP contribution in [-0.2, 0) is 0 Å². The molecule has 0 radical (unpaired) electrons. The Labute approximate surface area is 72.8 Å². The van der Waals surface area contributed by atoms with Crippen LogP contribution in [0.5, 0.6) is 0 Å². The summed E-state index contributed by atoms with van der Waals surface area (Å²) in [5.74, 6) is 0. The average Bonchev–Trinajstić information content (AvgIpc) is 2.08. The zero-order valence-electron chi connectivity index (χ0n) is 7.39. The largest absolute Gasteiger partial charge is 0.372 e. The summed E-state index contributed by atoms with van der Waals surface area (Å²) in [6.45, 7) is 4.48. The van der Waals surface area contributed by atoms with E-state index in [-0.39, 0.29) is 0 Å². The van der Waals surface area contributed by atoms with Crippen molar-refractivity contribution in [1.82, 2.24) is 0 Å². The van der Waals surface area contributed by atoms with E-state index in [0.29, 0.717) is 6.54 Å². The highest BCUT2D eigenvalue weighted by Crippen LogP contribution is 2.17. The summed E-state index contributed by atoms with van der Waals surface area (Å²) in [5, 5.41) is 11.4. The third-order valence-corrected chi connectivity index (χ3v) is 1.96. The van der Waals surface area contributed by atoms with E-state index in [1.54, 1.807) is 0 Å². The van der Waals surface area contributed by atoms with Gasteiger partial charge in [-0.3, -0.25) is 0 Å². The van der Waals surface area contributed by atoms with Gasteiger partial charge >= 0.3 is 0 Å². The van der Waals surface area contributed by atoms with Crippen LogP contribution in [0.2, 0.25) is 0 Å². The Hall–Kier alpha value is -1.49. The number of rotatable bonds is 2. The fourth-order valence-electron chi connectivity index (χ4n) is 1.08. The molecule has 0 aliphatic heterocycles. The fraction of sp³-hybridized carbons (Fsp3) is 0.300. The molecular formula is C10H12N2. The maximum atomic E-state index is 8.38. The Morgan fingerprint density at radius 2 is 2.17 bits per heavy atom. The molecule has 1 aromatic carbocycles. The van der Waals surface area contributed by atoms with Gasteiger partial charge in [-0.1, -0.05) is 12.1 Å². The van der Waals surface area contributed by atoms with Crippen LogP contribution in [0.4, 0.5) is 5.69 Å². The van der Waals surface area contributed by atoms with Gasteiger partial charge in [-0.25, -0.2) is 0 Å². The molecule has 0 atom stereocenters. The van der Waals surface area contributed by atoms with Gasteiger partial charge in [-0.05, 0) is 31.0 Å². The van der Waals surface area contributed by atoms with Gasteiger partial charge in [-0.2, -0.15) is 5.26 Å². The van der Waals surface area contributed by atoms with Gasteiger partial charge in [-0.15, -0.1) is 0 Å². The normalized spacial score (nSPS) is 9.08.